The number of rotatable bonds is 3. The van der Waals surface area contributed by atoms with Crippen molar-refractivity contribution >= 4 is 5.91 Å². The zero-order valence-corrected chi connectivity index (χ0v) is 11.5. The largest absolute Gasteiger partial charge is 0.364 e. The third kappa shape index (κ3) is 2.81. The first kappa shape index (κ1) is 13.3. The smallest absolute Gasteiger partial charge is 0.267 e. The van der Waals surface area contributed by atoms with Gasteiger partial charge in [-0.2, -0.15) is 0 Å². The lowest BCUT2D eigenvalue weighted by Gasteiger charge is -2.12. The second-order valence-corrected chi connectivity index (χ2v) is 4.93. The molecule has 3 nitrogen and oxygen atoms in total. The van der Waals surface area contributed by atoms with E-state index in [9.17, 15) is 4.79 Å². The van der Waals surface area contributed by atoms with Gasteiger partial charge < -0.3 is 5.73 Å². The Morgan fingerprint density at radius 2 is 1.84 bits per heavy atom. The summed E-state index contributed by atoms with van der Waals surface area (Å²) in [6.45, 7) is 6.27. The highest BCUT2D eigenvalue weighted by Crippen LogP contribution is 2.21. The van der Waals surface area contributed by atoms with Gasteiger partial charge in [0.15, 0.2) is 0 Å². The molecule has 0 atom stereocenters. The van der Waals surface area contributed by atoms with Gasteiger partial charge in [-0.3, -0.25) is 9.78 Å². The van der Waals surface area contributed by atoms with Gasteiger partial charge in [-0.05, 0) is 49.1 Å². The summed E-state index contributed by atoms with van der Waals surface area (Å²) in [5.74, 6) is -0.474. The average Bonchev–Trinajstić information content (AvgIpc) is 2.34. The minimum Gasteiger partial charge on any atom is -0.364 e. The van der Waals surface area contributed by atoms with E-state index in [0.29, 0.717) is 12.1 Å². The highest BCUT2D eigenvalue weighted by molar-refractivity contribution is 5.92. The fourth-order valence-corrected chi connectivity index (χ4v) is 2.48. The Hall–Kier alpha value is -2.16. The van der Waals surface area contributed by atoms with Gasteiger partial charge >= 0.3 is 0 Å². The first-order valence-electron chi connectivity index (χ1n) is 6.29. The van der Waals surface area contributed by atoms with Crippen LogP contribution >= 0.6 is 0 Å². The molecule has 0 aliphatic heterocycles. The maximum Gasteiger partial charge on any atom is 0.267 e. The van der Waals surface area contributed by atoms with Crippen molar-refractivity contribution in [3.63, 3.8) is 0 Å². The van der Waals surface area contributed by atoms with Crippen LogP contribution in [0.25, 0.3) is 0 Å². The molecule has 0 aliphatic carbocycles. The Balaban J connectivity index is 2.45. The number of primary amides is 1. The summed E-state index contributed by atoms with van der Waals surface area (Å²) in [4.78, 5) is 15.5. The molecule has 0 unspecified atom stereocenters. The van der Waals surface area contributed by atoms with E-state index in [0.717, 1.165) is 5.56 Å². The van der Waals surface area contributed by atoms with E-state index in [4.69, 9.17) is 5.73 Å². The molecule has 1 heterocycles. The van der Waals surface area contributed by atoms with Crippen molar-refractivity contribution in [1.82, 2.24) is 4.98 Å². The number of aryl methyl sites for hydroxylation is 3. The summed E-state index contributed by atoms with van der Waals surface area (Å²) in [6, 6.07) is 8.05. The molecule has 0 radical (unpaired) electrons. The molecular weight excluding hydrogens is 236 g/mol. The topological polar surface area (TPSA) is 56.0 Å². The summed E-state index contributed by atoms with van der Waals surface area (Å²) < 4.78 is 0. The van der Waals surface area contributed by atoms with Crippen LogP contribution in [0.15, 0.2) is 30.5 Å². The van der Waals surface area contributed by atoms with Gasteiger partial charge in [0.05, 0.1) is 0 Å². The van der Waals surface area contributed by atoms with Crippen LogP contribution in [-0.2, 0) is 6.42 Å². The van der Waals surface area contributed by atoms with Crippen molar-refractivity contribution in [3.05, 3.63) is 64.0 Å². The monoisotopic (exact) mass is 254 g/mol. The first-order valence-corrected chi connectivity index (χ1v) is 6.29. The Kier molecular flexibility index (Phi) is 3.65. The third-order valence-electron chi connectivity index (χ3n) is 3.33. The fraction of sp³-hybridized carbons (Fsp3) is 0.250. The number of amides is 1. The molecule has 1 amide bonds. The van der Waals surface area contributed by atoms with Gasteiger partial charge in [0, 0.05) is 12.6 Å². The van der Waals surface area contributed by atoms with E-state index >= 15 is 0 Å². The number of nitrogens with zero attached hydrogens (tertiary/aromatic N) is 1. The summed E-state index contributed by atoms with van der Waals surface area (Å²) in [5.41, 5.74) is 11.6. The van der Waals surface area contributed by atoms with Crippen LogP contribution < -0.4 is 5.73 Å². The zero-order valence-electron chi connectivity index (χ0n) is 11.5. The normalized spacial score (nSPS) is 10.5. The van der Waals surface area contributed by atoms with Gasteiger partial charge in [-0.25, -0.2) is 0 Å². The molecular formula is C16H18N2O. The molecule has 3 heteroatoms. The molecule has 0 fully saturated rings. The summed E-state index contributed by atoms with van der Waals surface area (Å²) in [6.07, 6.45) is 2.28. The van der Waals surface area contributed by atoms with Crippen LogP contribution in [0.5, 0.6) is 0 Å². The molecule has 0 aliphatic rings. The molecule has 2 aromatic rings. The van der Waals surface area contributed by atoms with E-state index in [2.05, 4.69) is 37.9 Å². The van der Waals surface area contributed by atoms with Crippen LogP contribution in [0.3, 0.4) is 0 Å². The fourth-order valence-electron chi connectivity index (χ4n) is 2.48. The van der Waals surface area contributed by atoms with Crippen LogP contribution in [0.1, 0.15) is 38.3 Å². The predicted octanol–water partition coefficient (Wildman–Crippen LogP) is 2.70. The van der Waals surface area contributed by atoms with Crippen molar-refractivity contribution in [2.75, 3.05) is 0 Å². The van der Waals surface area contributed by atoms with Crippen molar-refractivity contribution in [2.45, 2.75) is 27.2 Å². The minimum absolute atomic E-state index is 0.363. The van der Waals surface area contributed by atoms with E-state index < -0.39 is 5.91 Å². The van der Waals surface area contributed by atoms with Crippen LogP contribution in [0.2, 0.25) is 0 Å². The van der Waals surface area contributed by atoms with Crippen molar-refractivity contribution in [1.29, 1.82) is 0 Å². The van der Waals surface area contributed by atoms with Crippen LogP contribution in [0, 0.1) is 20.8 Å². The SMILES string of the molecule is Cc1cc(C)c(Cc2cccnc2C(N)=O)c(C)c1. The minimum atomic E-state index is -0.474. The molecule has 19 heavy (non-hydrogen) atoms. The zero-order chi connectivity index (χ0) is 14.0. The van der Waals surface area contributed by atoms with E-state index in [1.54, 1.807) is 6.20 Å². The van der Waals surface area contributed by atoms with Gasteiger partial charge in [-0.1, -0.05) is 23.8 Å². The Bertz CT molecular complexity index is 609. The van der Waals surface area contributed by atoms with E-state index in [1.807, 2.05) is 12.1 Å². The van der Waals surface area contributed by atoms with Gasteiger partial charge in [0.25, 0.3) is 5.91 Å². The number of hydrogen-bond acceptors (Lipinski definition) is 2. The second-order valence-electron chi connectivity index (χ2n) is 4.93. The maximum atomic E-state index is 11.4. The Morgan fingerprint density at radius 3 is 2.42 bits per heavy atom. The Labute approximate surface area is 113 Å². The van der Waals surface area contributed by atoms with Gasteiger partial charge in [-0.15, -0.1) is 0 Å². The number of carbonyl (C=O) groups excluding carboxylic acids is 1. The highest BCUT2D eigenvalue weighted by Gasteiger charge is 2.12. The summed E-state index contributed by atoms with van der Waals surface area (Å²) in [7, 11) is 0. The van der Waals surface area contributed by atoms with Crippen molar-refractivity contribution in [3.8, 4) is 0 Å². The molecule has 0 saturated heterocycles. The highest BCUT2D eigenvalue weighted by atomic mass is 16.1. The van der Waals surface area contributed by atoms with Crippen LogP contribution in [-0.4, -0.2) is 10.9 Å². The standard InChI is InChI=1S/C16H18N2O/c1-10-7-11(2)14(12(3)8-10)9-13-5-4-6-18-15(13)16(17)19/h4-8H,9H2,1-3H3,(H2,17,19). The molecule has 1 aromatic carbocycles. The molecule has 0 saturated carbocycles. The first-order chi connectivity index (χ1) is 8.99. The Morgan fingerprint density at radius 1 is 1.21 bits per heavy atom. The lowest BCUT2D eigenvalue weighted by molar-refractivity contribution is 0.0994. The average molecular weight is 254 g/mol. The van der Waals surface area contributed by atoms with Crippen LogP contribution in [0.4, 0.5) is 0 Å². The quantitative estimate of drug-likeness (QED) is 0.915. The molecule has 2 N–H and O–H groups in total. The second kappa shape index (κ2) is 5.22. The predicted molar refractivity (Wildman–Crippen MR) is 76.2 cm³/mol. The number of pyridine rings is 1. The third-order valence-corrected chi connectivity index (χ3v) is 3.33. The van der Waals surface area contributed by atoms with Crippen molar-refractivity contribution < 1.29 is 4.79 Å². The number of hydrogen-bond donors (Lipinski definition) is 1. The molecule has 2 rings (SSSR count). The maximum absolute atomic E-state index is 11.4. The number of benzene rings is 1. The number of carbonyl (C=O) groups is 1. The van der Waals surface area contributed by atoms with Crippen molar-refractivity contribution in [2.24, 2.45) is 5.73 Å². The molecule has 0 spiro atoms. The molecule has 1 aromatic heterocycles. The van der Waals surface area contributed by atoms with Gasteiger partial charge in [0.1, 0.15) is 5.69 Å². The lowest BCUT2D eigenvalue weighted by atomic mass is 9.93. The van der Waals surface area contributed by atoms with Gasteiger partial charge in [0.2, 0.25) is 0 Å². The van der Waals surface area contributed by atoms with E-state index in [1.165, 1.54) is 22.3 Å². The molecule has 98 valence electrons. The number of aromatic nitrogens is 1. The number of nitrogens with two attached hydrogens (primary N) is 1. The summed E-state index contributed by atoms with van der Waals surface area (Å²) in [5, 5.41) is 0. The molecule has 0 bridgehead atoms. The van der Waals surface area contributed by atoms with E-state index in [-0.39, 0.29) is 0 Å². The lowest BCUT2D eigenvalue weighted by Crippen LogP contribution is -2.16. The summed E-state index contributed by atoms with van der Waals surface area (Å²) >= 11 is 0.